The summed E-state index contributed by atoms with van der Waals surface area (Å²) in [5.41, 5.74) is 0. The van der Waals surface area contributed by atoms with Gasteiger partial charge in [0.15, 0.2) is 0 Å². The summed E-state index contributed by atoms with van der Waals surface area (Å²) < 4.78 is 0. The second-order valence-corrected chi connectivity index (χ2v) is 4.74. The molecule has 0 radical (unpaired) electrons. The van der Waals surface area contributed by atoms with Gasteiger partial charge in [0, 0.05) is 6.54 Å². The van der Waals surface area contributed by atoms with Crippen LogP contribution in [0.1, 0.15) is 45.4 Å². The molecule has 0 spiro atoms. The molecule has 0 aromatic heterocycles. The highest BCUT2D eigenvalue weighted by molar-refractivity contribution is 5.69. The highest BCUT2D eigenvalue weighted by Gasteiger charge is 2.14. The van der Waals surface area contributed by atoms with Crippen molar-refractivity contribution in [3.63, 3.8) is 0 Å². The maximum absolute atomic E-state index is 10.5. The van der Waals surface area contributed by atoms with Gasteiger partial charge in [-0.1, -0.05) is 32.6 Å². The molecule has 1 rings (SSSR count). The molecule has 3 heteroatoms. The molecule has 1 fully saturated rings. The van der Waals surface area contributed by atoms with Crippen LogP contribution in [0.15, 0.2) is 0 Å². The number of carbonyl (C=O) groups is 1. The van der Waals surface area contributed by atoms with Gasteiger partial charge in [-0.15, -0.1) is 0 Å². The number of hydrogen-bond acceptors (Lipinski definition) is 2. The summed E-state index contributed by atoms with van der Waals surface area (Å²) in [5, 5.41) is 11.9. The molecule has 15 heavy (non-hydrogen) atoms. The number of carboxylic acid groups (broad SMARTS) is 1. The molecule has 2 N–H and O–H groups in total. The van der Waals surface area contributed by atoms with Gasteiger partial charge >= 0.3 is 5.97 Å². The first-order valence-corrected chi connectivity index (χ1v) is 6.13. The minimum atomic E-state index is -0.710. The van der Waals surface area contributed by atoms with E-state index in [4.69, 9.17) is 5.11 Å². The zero-order chi connectivity index (χ0) is 11.1. The van der Waals surface area contributed by atoms with Gasteiger partial charge in [0.2, 0.25) is 0 Å². The lowest BCUT2D eigenvalue weighted by Crippen LogP contribution is -2.27. The Hall–Kier alpha value is -0.570. The van der Waals surface area contributed by atoms with Crippen molar-refractivity contribution in [2.75, 3.05) is 13.1 Å². The molecule has 1 aliphatic rings. The standard InChI is InChI=1S/C12H23NO2/c1-10(12(14)15)9-13-8-4-7-11-5-2-3-6-11/h10-11,13H,2-9H2,1H3,(H,14,15). The Bertz CT molecular complexity index is 188. The molecule has 88 valence electrons. The van der Waals surface area contributed by atoms with E-state index in [-0.39, 0.29) is 5.92 Å². The van der Waals surface area contributed by atoms with Crippen molar-refractivity contribution in [2.24, 2.45) is 11.8 Å². The van der Waals surface area contributed by atoms with Gasteiger partial charge in [0.25, 0.3) is 0 Å². The molecule has 0 aromatic carbocycles. The van der Waals surface area contributed by atoms with E-state index in [1.54, 1.807) is 6.92 Å². The Morgan fingerprint density at radius 2 is 2.13 bits per heavy atom. The van der Waals surface area contributed by atoms with Gasteiger partial charge in [0.05, 0.1) is 5.92 Å². The summed E-state index contributed by atoms with van der Waals surface area (Å²) in [4.78, 5) is 10.5. The van der Waals surface area contributed by atoms with Crippen molar-refractivity contribution >= 4 is 5.97 Å². The van der Waals surface area contributed by atoms with Gasteiger partial charge in [-0.3, -0.25) is 4.79 Å². The van der Waals surface area contributed by atoms with E-state index in [1.165, 1.54) is 38.5 Å². The minimum Gasteiger partial charge on any atom is -0.481 e. The first-order valence-electron chi connectivity index (χ1n) is 6.13. The van der Waals surface area contributed by atoms with E-state index in [0.717, 1.165) is 12.5 Å². The smallest absolute Gasteiger partial charge is 0.307 e. The molecule has 0 bridgehead atoms. The van der Waals surface area contributed by atoms with Crippen molar-refractivity contribution in [3.8, 4) is 0 Å². The number of nitrogens with one attached hydrogen (secondary N) is 1. The Morgan fingerprint density at radius 3 is 2.73 bits per heavy atom. The fraction of sp³-hybridized carbons (Fsp3) is 0.917. The molecule has 1 aliphatic carbocycles. The zero-order valence-corrected chi connectivity index (χ0v) is 9.67. The van der Waals surface area contributed by atoms with Crippen LogP contribution < -0.4 is 5.32 Å². The molecule has 1 unspecified atom stereocenters. The van der Waals surface area contributed by atoms with Crippen LogP contribution in [-0.4, -0.2) is 24.2 Å². The SMILES string of the molecule is CC(CNCCCC1CCCC1)C(=O)O. The fourth-order valence-corrected chi connectivity index (χ4v) is 2.22. The van der Waals surface area contributed by atoms with E-state index in [2.05, 4.69) is 5.32 Å². The van der Waals surface area contributed by atoms with E-state index in [9.17, 15) is 4.79 Å². The third-order valence-corrected chi connectivity index (χ3v) is 3.31. The molecule has 3 nitrogen and oxygen atoms in total. The minimum absolute atomic E-state index is 0.267. The van der Waals surface area contributed by atoms with E-state index in [0.29, 0.717) is 6.54 Å². The number of hydrogen-bond donors (Lipinski definition) is 2. The lowest BCUT2D eigenvalue weighted by molar-refractivity contribution is -0.140. The van der Waals surface area contributed by atoms with Crippen molar-refractivity contribution in [3.05, 3.63) is 0 Å². The first kappa shape index (κ1) is 12.5. The Balaban J connectivity index is 1.90. The summed E-state index contributed by atoms with van der Waals surface area (Å²) in [5.74, 6) is -0.0292. The molecule has 0 aromatic rings. The summed E-state index contributed by atoms with van der Waals surface area (Å²) in [6, 6.07) is 0. The average molecular weight is 213 g/mol. The normalized spacial score (nSPS) is 19.3. The third-order valence-electron chi connectivity index (χ3n) is 3.31. The monoisotopic (exact) mass is 213 g/mol. The average Bonchev–Trinajstić information content (AvgIpc) is 2.69. The quantitative estimate of drug-likeness (QED) is 0.638. The second kappa shape index (κ2) is 6.83. The van der Waals surface area contributed by atoms with Crippen molar-refractivity contribution < 1.29 is 9.90 Å². The predicted octanol–water partition coefficient (Wildman–Crippen LogP) is 2.27. The lowest BCUT2D eigenvalue weighted by atomic mass is 10.0. The van der Waals surface area contributed by atoms with E-state index < -0.39 is 5.97 Å². The molecule has 0 aliphatic heterocycles. The van der Waals surface area contributed by atoms with Crippen LogP contribution in [-0.2, 0) is 4.79 Å². The summed E-state index contributed by atoms with van der Waals surface area (Å²) in [7, 11) is 0. The van der Waals surface area contributed by atoms with Crippen molar-refractivity contribution in [1.82, 2.24) is 5.32 Å². The van der Waals surface area contributed by atoms with Gasteiger partial charge in [-0.2, -0.15) is 0 Å². The fourth-order valence-electron chi connectivity index (χ4n) is 2.22. The largest absolute Gasteiger partial charge is 0.481 e. The number of aliphatic carboxylic acids is 1. The Morgan fingerprint density at radius 1 is 1.47 bits per heavy atom. The summed E-state index contributed by atoms with van der Waals surface area (Å²) in [6.07, 6.45) is 8.14. The molecule has 0 heterocycles. The lowest BCUT2D eigenvalue weighted by Gasteiger charge is -2.10. The maximum atomic E-state index is 10.5. The zero-order valence-electron chi connectivity index (χ0n) is 9.67. The third kappa shape index (κ3) is 5.17. The highest BCUT2D eigenvalue weighted by atomic mass is 16.4. The van der Waals surface area contributed by atoms with Crippen molar-refractivity contribution in [1.29, 1.82) is 0 Å². The van der Waals surface area contributed by atoms with Crippen LogP contribution in [0.25, 0.3) is 0 Å². The molecule has 1 atom stereocenters. The van der Waals surface area contributed by atoms with Crippen LogP contribution in [0, 0.1) is 11.8 Å². The van der Waals surface area contributed by atoms with Crippen LogP contribution in [0.3, 0.4) is 0 Å². The van der Waals surface area contributed by atoms with Crippen LogP contribution >= 0.6 is 0 Å². The number of carboxylic acids is 1. The van der Waals surface area contributed by atoms with Gasteiger partial charge in [-0.25, -0.2) is 0 Å². The van der Waals surface area contributed by atoms with Gasteiger partial charge in [0.1, 0.15) is 0 Å². The second-order valence-electron chi connectivity index (χ2n) is 4.74. The summed E-state index contributed by atoms with van der Waals surface area (Å²) >= 11 is 0. The molecular formula is C12H23NO2. The predicted molar refractivity (Wildman–Crippen MR) is 60.9 cm³/mol. The van der Waals surface area contributed by atoms with Gasteiger partial charge in [-0.05, 0) is 25.3 Å². The van der Waals surface area contributed by atoms with E-state index >= 15 is 0 Å². The molecular weight excluding hydrogens is 190 g/mol. The first-order chi connectivity index (χ1) is 7.20. The van der Waals surface area contributed by atoms with Crippen molar-refractivity contribution in [2.45, 2.75) is 45.4 Å². The molecule has 0 amide bonds. The van der Waals surface area contributed by atoms with E-state index in [1.807, 2.05) is 0 Å². The highest BCUT2D eigenvalue weighted by Crippen LogP contribution is 2.28. The summed E-state index contributed by atoms with van der Waals surface area (Å²) in [6.45, 7) is 3.31. The van der Waals surface area contributed by atoms with Crippen LogP contribution in [0.2, 0.25) is 0 Å². The van der Waals surface area contributed by atoms with Gasteiger partial charge < -0.3 is 10.4 Å². The van der Waals surface area contributed by atoms with Crippen LogP contribution in [0.4, 0.5) is 0 Å². The maximum Gasteiger partial charge on any atom is 0.307 e. The number of rotatable bonds is 7. The topological polar surface area (TPSA) is 49.3 Å². The molecule has 0 saturated heterocycles. The molecule has 1 saturated carbocycles. The van der Waals surface area contributed by atoms with Crippen LogP contribution in [0.5, 0.6) is 0 Å². The Labute approximate surface area is 92.3 Å². The Kier molecular flexibility index (Phi) is 5.69.